The molecule has 0 bridgehead atoms. The average molecular weight is 194 g/mol. The van der Waals surface area contributed by atoms with E-state index in [1.54, 1.807) is 0 Å². The molecule has 78 valence electrons. The monoisotopic (exact) mass is 194 g/mol. The fourth-order valence-corrected chi connectivity index (χ4v) is 2.13. The number of nitrogens with zero attached hydrogens (tertiary/aromatic N) is 1. The van der Waals surface area contributed by atoms with Crippen LogP contribution in [0.4, 0.5) is 0 Å². The first-order valence-electron chi connectivity index (χ1n) is 5.40. The summed E-state index contributed by atoms with van der Waals surface area (Å²) >= 11 is 0. The standard InChI is InChI=1S/C11H18N2O/c1-9(13-11(14)7-8-12)10-5-3-2-4-6-10/h9-10H,2-7H2,1H3,(H,13,14). The number of hydrogen-bond donors (Lipinski definition) is 1. The van der Waals surface area contributed by atoms with E-state index in [-0.39, 0.29) is 18.4 Å². The Morgan fingerprint density at radius 1 is 1.50 bits per heavy atom. The van der Waals surface area contributed by atoms with Gasteiger partial charge in [-0.3, -0.25) is 4.79 Å². The molecule has 1 N–H and O–H groups in total. The topological polar surface area (TPSA) is 52.9 Å². The van der Waals surface area contributed by atoms with Crippen molar-refractivity contribution in [2.45, 2.75) is 51.5 Å². The Labute approximate surface area is 85.5 Å². The number of amides is 1. The van der Waals surface area contributed by atoms with Crippen LogP contribution in [-0.2, 0) is 4.79 Å². The number of nitrogens with one attached hydrogen (secondary N) is 1. The molecule has 3 heteroatoms. The molecule has 0 saturated heterocycles. The van der Waals surface area contributed by atoms with Crippen LogP contribution in [0.5, 0.6) is 0 Å². The Hall–Kier alpha value is -1.04. The molecule has 0 aromatic rings. The highest BCUT2D eigenvalue weighted by atomic mass is 16.1. The maximum Gasteiger partial charge on any atom is 0.234 e. The summed E-state index contributed by atoms with van der Waals surface area (Å²) in [5.41, 5.74) is 0. The molecule has 0 radical (unpaired) electrons. The molecule has 1 unspecified atom stereocenters. The van der Waals surface area contributed by atoms with Crippen molar-refractivity contribution in [2.75, 3.05) is 0 Å². The second kappa shape index (κ2) is 5.64. The van der Waals surface area contributed by atoms with Gasteiger partial charge in [0.25, 0.3) is 0 Å². The van der Waals surface area contributed by atoms with Crippen LogP contribution in [0.25, 0.3) is 0 Å². The third kappa shape index (κ3) is 3.37. The van der Waals surface area contributed by atoms with Gasteiger partial charge in [0, 0.05) is 6.04 Å². The van der Waals surface area contributed by atoms with Crippen molar-refractivity contribution < 1.29 is 4.79 Å². The normalized spacial score (nSPS) is 19.7. The number of nitriles is 1. The third-order valence-corrected chi connectivity index (χ3v) is 2.99. The zero-order valence-electron chi connectivity index (χ0n) is 8.75. The minimum Gasteiger partial charge on any atom is -0.352 e. The van der Waals surface area contributed by atoms with Gasteiger partial charge in [0.2, 0.25) is 5.91 Å². The molecule has 0 aliphatic heterocycles. The predicted molar refractivity (Wildman–Crippen MR) is 54.4 cm³/mol. The van der Waals surface area contributed by atoms with Crippen molar-refractivity contribution in [2.24, 2.45) is 5.92 Å². The summed E-state index contributed by atoms with van der Waals surface area (Å²) in [6.07, 6.45) is 6.31. The summed E-state index contributed by atoms with van der Waals surface area (Å²) in [5, 5.41) is 11.2. The molecule has 0 spiro atoms. The molecule has 0 aromatic heterocycles. The van der Waals surface area contributed by atoms with Crippen LogP contribution in [0.2, 0.25) is 0 Å². The van der Waals surface area contributed by atoms with Crippen molar-refractivity contribution in [1.82, 2.24) is 5.32 Å². The van der Waals surface area contributed by atoms with Crippen molar-refractivity contribution in [1.29, 1.82) is 5.26 Å². The number of hydrogen-bond acceptors (Lipinski definition) is 2. The van der Waals surface area contributed by atoms with Gasteiger partial charge < -0.3 is 5.32 Å². The lowest BCUT2D eigenvalue weighted by Gasteiger charge is -2.27. The molecule has 1 atom stereocenters. The first kappa shape index (κ1) is 11.0. The summed E-state index contributed by atoms with van der Waals surface area (Å²) in [6.45, 7) is 2.05. The van der Waals surface area contributed by atoms with Gasteiger partial charge in [-0.05, 0) is 25.7 Å². The number of rotatable bonds is 3. The van der Waals surface area contributed by atoms with E-state index in [0.29, 0.717) is 5.92 Å². The van der Waals surface area contributed by atoms with E-state index in [2.05, 4.69) is 5.32 Å². The molecule has 1 aliphatic carbocycles. The highest BCUT2D eigenvalue weighted by Crippen LogP contribution is 2.26. The number of carbonyl (C=O) groups is 1. The summed E-state index contributed by atoms with van der Waals surface area (Å²) in [4.78, 5) is 11.2. The van der Waals surface area contributed by atoms with E-state index in [1.165, 1.54) is 32.1 Å². The zero-order chi connectivity index (χ0) is 10.4. The molecular formula is C11H18N2O. The van der Waals surface area contributed by atoms with E-state index in [0.717, 1.165) is 0 Å². The highest BCUT2D eigenvalue weighted by molar-refractivity contribution is 5.78. The fraction of sp³-hybridized carbons (Fsp3) is 0.818. The second-order valence-electron chi connectivity index (χ2n) is 4.09. The molecule has 1 amide bonds. The minimum absolute atomic E-state index is 0.0168. The average Bonchev–Trinajstić information content (AvgIpc) is 2.19. The Morgan fingerprint density at radius 2 is 2.14 bits per heavy atom. The van der Waals surface area contributed by atoms with Gasteiger partial charge in [-0.25, -0.2) is 0 Å². The lowest BCUT2D eigenvalue weighted by atomic mass is 9.84. The van der Waals surface area contributed by atoms with Crippen molar-refractivity contribution >= 4 is 5.91 Å². The maximum atomic E-state index is 11.2. The lowest BCUT2D eigenvalue weighted by Crippen LogP contribution is -2.38. The molecular weight excluding hydrogens is 176 g/mol. The van der Waals surface area contributed by atoms with E-state index >= 15 is 0 Å². The van der Waals surface area contributed by atoms with Crippen LogP contribution in [-0.4, -0.2) is 11.9 Å². The van der Waals surface area contributed by atoms with Gasteiger partial charge in [0.05, 0.1) is 6.07 Å². The van der Waals surface area contributed by atoms with Crippen molar-refractivity contribution in [3.05, 3.63) is 0 Å². The smallest absolute Gasteiger partial charge is 0.234 e. The Bertz CT molecular complexity index is 226. The predicted octanol–water partition coefficient (Wildman–Crippen LogP) is 1.99. The second-order valence-corrected chi connectivity index (χ2v) is 4.09. The van der Waals surface area contributed by atoms with Crippen LogP contribution >= 0.6 is 0 Å². The van der Waals surface area contributed by atoms with Gasteiger partial charge in [0.15, 0.2) is 0 Å². The summed E-state index contributed by atoms with van der Waals surface area (Å²) in [5.74, 6) is 0.483. The summed E-state index contributed by atoms with van der Waals surface area (Å²) < 4.78 is 0. The van der Waals surface area contributed by atoms with Crippen LogP contribution in [0.1, 0.15) is 45.4 Å². The maximum absolute atomic E-state index is 11.2. The van der Waals surface area contributed by atoms with Crippen LogP contribution < -0.4 is 5.32 Å². The molecule has 3 nitrogen and oxygen atoms in total. The van der Waals surface area contributed by atoms with Gasteiger partial charge in [-0.1, -0.05) is 19.3 Å². The first-order valence-corrected chi connectivity index (χ1v) is 5.40. The van der Waals surface area contributed by atoms with Gasteiger partial charge in [-0.2, -0.15) is 5.26 Å². The summed E-state index contributed by atoms with van der Waals surface area (Å²) in [7, 11) is 0. The molecule has 1 aliphatic rings. The quantitative estimate of drug-likeness (QED) is 0.747. The molecule has 1 fully saturated rings. The van der Waals surface area contributed by atoms with Gasteiger partial charge in [-0.15, -0.1) is 0 Å². The SMILES string of the molecule is CC(NC(=O)CC#N)C1CCCCC1. The van der Waals surface area contributed by atoms with Crippen LogP contribution in [0.15, 0.2) is 0 Å². The Kier molecular flexibility index (Phi) is 4.45. The van der Waals surface area contributed by atoms with Crippen molar-refractivity contribution in [3.8, 4) is 6.07 Å². The number of carbonyl (C=O) groups excluding carboxylic acids is 1. The minimum atomic E-state index is -0.134. The molecule has 1 saturated carbocycles. The van der Waals surface area contributed by atoms with E-state index in [4.69, 9.17) is 5.26 Å². The molecule has 1 rings (SSSR count). The first-order chi connectivity index (χ1) is 6.74. The zero-order valence-corrected chi connectivity index (χ0v) is 8.75. The van der Waals surface area contributed by atoms with Crippen LogP contribution in [0.3, 0.4) is 0 Å². The van der Waals surface area contributed by atoms with Gasteiger partial charge in [0.1, 0.15) is 6.42 Å². The van der Waals surface area contributed by atoms with E-state index < -0.39 is 0 Å². The molecule has 0 aromatic carbocycles. The van der Waals surface area contributed by atoms with Gasteiger partial charge >= 0.3 is 0 Å². The Balaban J connectivity index is 2.29. The largest absolute Gasteiger partial charge is 0.352 e. The van der Waals surface area contributed by atoms with E-state index in [9.17, 15) is 4.79 Å². The third-order valence-electron chi connectivity index (χ3n) is 2.99. The lowest BCUT2D eigenvalue weighted by molar-refractivity contribution is -0.121. The highest BCUT2D eigenvalue weighted by Gasteiger charge is 2.20. The Morgan fingerprint density at radius 3 is 2.71 bits per heavy atom. The summed E-state index contributed by atoms with van der Waals surface area (Å²) in [6, 6.07) is 2.10. The fourth-order valence-electron chi connectivity index (χ4n) is 2.13. The molecule has 0 heterocycles. The molecule has 14 heavy (non-hydrogen) atoms. The van der Waals surface area contributed by atoms with Crippen molar-refractivity contribution in [3.63, 3.8) is 0 Å². The van der Waals surface area contributed by atoms with E-state index in [1.807, 2.05) is 13.0 Å². The van der Waals surface area contributed by atoms with Crippen LogP contribution in [0, 0.1) is 17.2 Å².